The number of nitrogens with zero attached hydrogens (tertiary/aromatic N) is 3. The average Bonchev–Trinajstić information content (AvgIpc) is 3.60. The number of aromatic nitrogens is 4. The minimum absolute atomic E-state index is 0.0323. The summed E-state index contributed by atoms with van der Waals surface area (Å²) in [6.45, 7) is 4.76. The van der Waals surface area contributed by atoms with Crippen LogP contribution in [-0.4, -0.2) is 89.9 Å². The van der Waals surface area contributed by atoms with Gasteiger partial charge in [-0.1, -0.05) is 38.1 Å². The van der Waals surface area contributed by atoms with Crippen molar-refractivity contribution in [2.75, 3.05) is 13.2 Å². The van der Waals surface area contributed by atoms with Crippen molar-refractivity contribution in [3.05, 3.63) is 65.4 Å². The van der Waals surface area contributed by atoms with E-state index in [4.69, 9.17) is 9.47 Å². The fraction of sp³-hybridized carbons (Fsp3) is 0.536. The number of carbonyl (C=O) groups excluding carboxylic acids is 1. The zero-order valence-electron chi connectivity index (χ0n) is 22.8. The molecule has 218 valence electrons. The molecule has 2 aromatic heterocycles. The highest BCUT2D eigenvalue weighted by Crippen LogP contribution is 2.31. The van der Waals surface area contributed by atoms with E-state index in [1.54, 1.807) is 12.5 Å². The lowest BCUT2D eigenvalue weighted by atomic mass is 9.97. The predicted octanol–water partition coefficient (Wildman–Crippen LogP) is 0.638. The Labute approximate surface area is 233 Å². The van der Waals surface area contributed by atoms with Gasteiger partial charge in [0.25, 0.3) is 0 Å². The molecule has 0 spiro atoms. The normalized spacial score (nSPS) is 22.9. The molecule has 12 heteroatoms. The second kappa shape index (κ2) is 13.9. The Bertz CT molecular complexity index is 1200. The third-order valence-electron chi connectivity index (χ3n) is 7.04. The van der Waals surface area contributed by atoms with Crippen LogP contribution in [0.15, 0.2) is 43.0 Å². The second-order valence-corrected chi connectivity index (χ2v) is 10.4. The van der Waals surface area contributed by atoms with Gasteiger partial charge in [0.05, 0.1) is 12.9 Å². The van der Waals surface area contributed by atoms with Gasteiger partial charge >= 0.3 is 0 Å². The molecule has 1 fully saturated rings. The average molecular weight is 558 g/mol. The molecule has 1 aromatic carbocycles. The van der Waals surface area contributed by atoms with Gasteiger partial charge in [-0.25, -0.2) is 4.98 Å². The highest BCUT2D eigenvalue weighted by molar-refractivity contribution is 5.75. The Morgan fingerprint density at radius 2 is 1.90 bits per heavy atom. The first-order chi connectivity index (χ1) is 19.3. The fourth-order valence-corrected chi connectivity index (χ4v) is 4.69. The van der Waals surface area contributed by atoms with Crippen molar-refractivity contribution in [2.24, 2.45) is 0 Å². The zero-order chi connectivity index (χ0) is 28.6. The molecule has 0 unspecified atom stereocenters. The third kappa shape index (κ3) is 7.46. The molecule has 0 radical (unpaired) electrons. The maximum absolute atomic E-state index is 12.1. The number of ether oxygens (including phenoxy) is 2. The quantitative estimate of drug-likeness (QED) is 0.176. The van der Waals surface area contributed by atoms with Crippen LogP contribution in [0.3, 0.4) is 0 Å². The topological polar surface area (TPSA) is 175 Å². The summed E-state index contributed by atoms with van der Waals surface area (Å²) in [6.07, 6.45) is 0.850. The Morgan fingerprint density at radius 1 is 1.15 bits per heavy atom. The summed E-state index contributed by atoms with van der Waals surface area (Å²) in [5, 5.41) is 50.2. The Kier molecular flexibility index (Phi) is 10.3. The lowest BCUT2D eigenvalue weighted by Crippen LogP contribution is -2.60. The molecule has 0 aliphatic carbocycles. The first-order valence-corrected chi connectivity index (χ1v) is 13.6. The summed E-state index contributed by atoms with van der Waals surface area (Å²) in [7, 11) is 0. The summed E-state index contributed by atoms with van der Waals surface area (Å²) < 4.78 is 13.3. The lowest BCUT2D eigenvalue weighted by Gasteiger charge is -2.39. The number of amides is 1. The standard InChI is InChI=1S/C28H39N5O7/c1-17(2)23-20(27(32-31-23)40-28-26(38)25(37)24(36)21(15-34)39-28)14-19-8-6-18(7-9-19)4-3-5-22(35)30-11-13-33-12-10-29-16-33/h6-10,12,16-17,21,24-26,28,34,36-38H,3-5,11,13-15H2,1-2H3,(H,30,35)(H,31,32)/t21-,24-,25+,26-,28+/m1/s1. The molecule has 5 atom stereocenters. The van der Waals surface area contributed by atoms with E-state index in [0.29, 0.717) is 25.9 Å². The molecule has 12 nitrogen and oxygen atoms in total. The molecular weight excluding hydrogens is 518 g/mol. The van der Waals surface area contributed by atoms with E-state index in [2.05, 4.69) is 20.5 Å². The molecule has 6 N–H and O–H groups in total. The van der Waals surface area contributed by atoms with E-state index in [1.807, 2.05) is 48.9 Å². The fourth-order valence-electron chi connectivity index (χ4n) is 4.69. The van der Waals surface area contributed by atoms with Gasteiger partial charge in [-0.3, -0.25) is 9.89 Å². The van der Waals surface area contributed by atoms with Crippen molar-refractivity contribution in [2.45, 2.75) is 82.7 Å². The molecule has 0 saturated carbocycles. The van der Waals surface area contributed by atoms with E-state index < -0.39 is 37.3 Å². The van der Waals surface area contributed by atoms with E-state index >= 15 is 0 Å². The molecule has 1 aliphatic heterocycles. The summed E-state index contributed by atoms with van der Waals surface area (Å²) >= 11 is 0. The smallest absolute Gasteiger partial charge is 0.238 e. The number of aromatic amines is 1. The van der Waals surface area contributed by atoms with Crippen LogP contribution in [0.5, 0.6) is 5.88 Å². The van der Waals surface area contributed by atoms with Crippen molar-refractivity contribution in [3.8, 4) is 5.88 Å². The molecule has 0 bridgehead atoms. The highest BCUT2D eigenvalue weighted by Gasteiger charge is 2.45. The Balaban J connectivity index is 1.32. The number of hydrogen-bond acceptors (Lipinski definition) is 9. The first kappa shape index (κ1) is 29.7. The summed E-state index contributed by atoms with van der Waals surface area (Å²) in [5.41, 5.74) is 3.79. The molecule has 3 heterocycles. The SMILES string of the molecule is CC(C)c1[nH]nc(O[C@@H]2O[C@H](CO)[C@@H](O)[C@H](O)[C@H]2O)c1Cc1ccc(CCCC(=O)NCCn2ccnc2)cc1. The van der Waals surface area contributed by atoms with E-state index in [-0.39, 0.29) is 17.7 Å². The molecule has 3 aromatic rings. The van der Waals surface area contributed by atoms with Gasteiger partial charge in [0.2, 0.25) is 18.1 Å². The van der Waals surface area contributed by atoms with Crippen LogP contribution in [0.4, 0.5) is 0 Å². The van der Waals surface area contributed by atoms with Gasteiger partial charge < -0.3 is 39.8 Å². The number of H-pyrrole nitrogens is 1. The van der Waals surface area contributed by atoms with Crippen LogP contribution < -0.4 is 10.1 Å². The summed E-state index contributed by atoms with van der Waals surface area (Å²) in [5.74, 6) is 0.362. The number of aryl methyl sites for hydroxylation is 1. The number of carbonyl (C=O) groups is 1. The lowest BCUT2D eigenvalue weighted by molar-refractivity contribution is -0.278. The van der Waals surface area contributed by atoms with E-state index in [9.17, 15) is 25.2 Å². The van der Waals surface area contributed by atoms with Crippen LogP contribution in [0.1, 0.15) is 55.0 Å². The molecule has 1 amide bonds. The Morgan fingerprint density at radius 3 is 2.58 bits per heavy atom. The van der Waals surface area contributed by atoms with Gasteiger partial charge in [-0.15, -0.1) is 5.10 Å². The molecule has 1 aliphatic rings. The summed E-state index contributed by atoms with van der Waals surface area (Å²) in [4.78, 5) is 16.1. The van der Waals surface area contributed by atoms with Crippen molar-refractivity contribution in [1.29, 1.82) is 0 Å². The van der Waals surface area contributed by atoms with E-state index in [0.717, 1.165) is 35.2 Å². The number of imidazole rings is 1. The van der Waals surface area contributed by atoms with Crippen LogP contribution in [0, 0.1) is 0 Å². The van der Waals surface area contributed by atoms with Gasteiger partial charge in [-0.2, -0.15) is 0 Å². The molecule has 40 heavy (non-hydrogen) atoms. The zero-order valence-corrected chi connectivity index (χ0v) is 22.8. The largest absolute Gasteiger partial charge is 0.443 e. The number of nitrogens with one attached hydrogen (secondary N) is 2. The Hall–Kier alpha value is -3.29. The summed E-state index contributed by atoms with van der Waals surface area (Å²) in [6, 6.07) is 8.13. The number of benzene rings is 1. The van der Waals surface area contributed by atoms with E-state index in [1.165, 1.54) is 0 Å². The van der Waals surface area contributed by atoms with Gasteiger partial charge in [0.1, 0.15) is 24.4 Å². The van der Waals surface area contributed by atoms with Crippen LogP contribution in [0.2, 0.25) is 0 Å². The number of aliphatic hydroxyl groups excluding tert-OH is 4. The number of hydrogen-bond donors (Lipinski definition) is 6. The molecule has 1 saturated heterocycles. The minimum Gasteiger partial charge on any atom is -0.443 e. The maximum atomic E-state index is 12.1. The first-order valence-electron chi connectivity index (χ1n) is 13.6. The van der Waals surface area contributed by atoms with Gasteiger partial charge in [-0.05, 0) is 29.9 Å². The minimum atomic E-state index is -1.54. The highest BCUT2D eigenvalue weighted by atomic mass is 16.7. The van der Waals surface area contributed by atoms with Crippen molar-refractivity contribution in [1.82, 2.24) is 25.1 Å². The van der Waals surface area contributed by atoms with Crippen LogP contribution in [-0.2, 0) is 28.9 Å². The maximum Gasteiger partial charge on any atom is 0.238 e. The van der Waals surface area contributed by atoms with Crippen LogP contribution >= 0.6 is 0 Å². The van der Waals surface area contributed by atoms with Gasteiger partial charge in [0.15, 0.2) is 0 Å². The molecular formula is C28H39N5O7. The predicted molar refractivity (Wildman–Crippen MR) is 144 cm³/mol. The van der Waals surface area contributed by atoms with Crippen LogP contribution in [0.25, 0.3) is 0 Å². The van der Waals surface area contributed by atoms with Crippen molar-refractivity contribution < 1.29 is 34.7 Å². The van der Waals surface area contributed by atoms with Gasteiger partial charge in [0, 0.05) is 49.6 Å². The number of aliphatic hydroxyl groups is 4. The van der Waals surface area contributed by atoms with Crippen molar-refractivity contribution in [3.63, 3.8) is 0 Å². The third-order valence-corrected chi connectivity index (χ3v) is 7.04. The second-order valence-electron chi connectivity index (χ2n) is 10.4. The monoisotopic (exact) mass is 557 g/mol. The molecule has 4 rings (SSSR count). The number of rotatable bonds is 13. The van der Waals surface area contributed by atoms with Crippen molar-refractivity contribution >= 4 is 5.91 Å².